The average Bonchev–Trinajstić information content (AvgIpc) is 2.55. The summed E-state index contributed by atoms with van der Waals surface area (Å²) in [5.74, 6) is 0.330. The quantitative estimate of drug-likeness (QED) is 0.822. The number of aromatic nitrogens is 1. The number of nitrogens with one attached hydrogen (secondary N) is 1. The zero-order valence-electron chi connectivity index (χ0n) is 8.67. The second-order valence-corrected chi connectivity index (χ2v) is 4.83. The lowest BCUT2D eigenvalue weighted by molar-refractivity contribution is 0.112. The molecule has 0 atom stereocenters. The number of benzene rings is 1. The highest BCUT2D eigenvalue weighted by Crippen LogP contribution is 2.28. The van der Waals surface area contributed by atoms with E-state index in [9.17, 15) is 4.79 Å². The van der Waals surface area contributed by atoms with Crippen molar-refractivity contribution in [2.75, 3.05) is 0 Å². The summed E-state index contributed by atoms with van der Waals surface area (Å²) in [7, 11) is 0. The minimum atomic E-state index is 0.330. The Bertz CT molecular complexity index is 514. The smallest absolute Gasteiger partial charge is 0.152 e. The molecule has 2 rings (SSSR count). The van der Waals surface area contributed by atoms with Crippen LogP contribution in [-0.4, -0.2) is 11.3 Å². The maximum Gasteiger partial charge on any atom is 0.152 e. The molecule has 2 aromatic rings. The summed E-state index contributed by atoms with van der Waals surface area (Å²) in [5.41, 5.74) is 2.81. The van der Waals surface area contributed by atoms with Gasteiger partial charge in [-0.25, -0.2) is 0 Å². The van der Waals surface area contributed by atoms with Crippen LogP contribution >= 0.6 is 15.9 Å². The van der Waals surface area contributed by atoms with Crippen LogP contribution in [0.2, 0.25) is 0 Å². The van der Waals surface area contributed by atoms with Gasteiger partial charge in [0.1, 0.15) is 0 Å². The molecule has 1 N–H and O–H groups in total. The number of hydrogen-bond acceptors (Lipinski definition) is 1. The van der Waals surface area contributed by atoms with Crippen LogP contribution < -0.4 is 0 Å². The van der Waals surface area contributed by atoms with Crippen LogP contribution in [0.5, 0.6) is 0 Å². The molecule has 2 nitrogen and oxygen atoms in total. The third-order valence-corrected chi connectivity index (χ3v) is 3.02. The monoisotopic (exact) mass is 265 g/mol. The van der Waals surface area contributed by atoms with Gasteiger partial charge < -0.3 is 4.98 Å². The Morgan fingerprint density at radius 3 is 2.73 bits per heavy atom. The molecule has 0 aliphatic carbocycles. The van der Waals surface area contributed by atoms with Gasteiger partial charge in [-0.2, -0.15) is 0 Å². The number of halogens is 1. The average molecular weight is 266 g/mol. The van der Waals surface area contributed by atoms with Gasteiger partial charge >= 0.3 is 0 Å². The summed E-state index contributed by atoms with van der Waals surface area (Å²) in [4.78, 5) is 14.4. The topological polar surface area (TPSA) is 32.9 Å². The Morgan fingerprint density at radius 1 is 1.40 bits per heavy atom. The molecule has 0 aliphatic rings. The molecule has 0 aliphatic heterocycles. The van der Waals surface area contributed by atoms with Crippen molar-refractivity contribution in [2.24, 2.45) is 0 Å². The maximum absolute atomic E-state index is 11.1. The third kappa shape index (κ3) is 1.72. The summed E-state index contributed by atoms with van der Waals surface area (Å²) in [6.07, 6.45) is 0.931. The molecule has 0 amide bonds. The van der Waals surface area contributed by atoms with Crippen molar-refractivity contribution in [1.82, 2.24) is 4.98 Å². The summed E-state index contributed by atoms with van der Waals surface area (Å²) in [5, 5.41) is 0.989. The summed E-state index contributed by atoms with van der Waals surface area (Å²) >= 11 is 3.41. The molecule has 0 unspecified atom stereocenters. The Hall–Kier alpha value is -1.09. The first-order valence-corrected chi connectivity index (χ1v) is 5.69. The number of aromatic amines is 1. The molecular formula is C12H12BrNO. The Kier molecular flexibility index (Phi) is 2.65. The number of carbonyl (C=O) groups is 1. The van der Waals surface area contributed by atoms with E-state index in [0.29, 0.717) is 5.92 Å². The highest BCUT2D eigenvalue weighted by Gasteiger charge is 2.13. The minimum Gasteiger partial charge on any atom is -0.358 e. The first-order chi connectivity index (χ1) is 7.13. The van der Waals surface area contributed by atoms with Gasteiger partial charge in [0.25, 0.3) is 0 Å². The third-order valence-electron chi connectivity index (χ3n) is 2.53. The number of carbonyl (C=O) groups excluding carboxylic acids is 1. The van der Waals surface area contributed by atoms with Crippen LogP contribution in [0.4, 0.5) is 0 Å². The molecule has 0 saturated heterocycles. The van der Waals surface area contributed by atoms with Crippen LogP contribution in [-0.2, 0) is 0 Å². The van der Waals surface area contributed by atoms with Gasteiger partial charge in [-0.1, -0.05) is 29.8 Å². The van der Waals surface area contributed by atoms with E-state index in [4.69, 9.17) is 0 Å². The van der Waals surface area contributed by atoms with Gasteiger partial charge in [-0.15, -0.1) is 0 Å². The van der Waals surface area contributed by atoms with Gasteiger partial charge in [0.05, 0.1) is 0 Å². The predicted octanol–water partition coefficient (Wildman–Crippen LogP) is 3.87. The first kappa shape index (κ1) is 10.4. The summed E-state index contributed by atoms with van der Waals surface area (Å²) in [6.45, 7) is 4.15. The highest BCUT2D eigenvalue weighted by molar-refractivity contribution is 9.10. The van der Waals surface area contributed by atoms with Crippen molar-refractivity contribution >= 4 is 33.1 Å². The summed E-state index contributed by atoms with van der Waals surface area (Å²) in [6, 6.07) is 5.93. The Balaban J connectivity index is 2.79. The molecule has 1 aromatic heterocycles. The number of fused-ring (bicyclic) bond motifs is 1. The van der Waals surface area contributed by atoms with Crippen LogP contribution in [0.3, 0.4) is 0 Å². The molecule has 1 aromatic carbocycles. The Labute approximate surface area is 96.8 Å². The van der Waals surface area contributed by atoms with Crippen LogP contribution in [0.15, 0.2) is 22.7 Å². The van der Waals surface area contributed by atoms with Crippen molar-refractivity contribution in [2.45, 2.75) is 19.8 Å². The van der Waals surface area contributed by atoms with E-state index in [1.807, 2.05) is 18.2 Å². The lowest BCUT2D eigenvalue weighted by Gasteiger charge is -2.01. The molecule has 1 heterocycles. The van der Waals surface area contributed by atoms with Crippen molar-refractivity contribution in [3.8, 4) is 0 Å². The molecule has 78 valence electrons. The zero-order valence-corrected chi connectivity index (χ0v) is 10.3. The summed E-state index contributed by atoms with van der Waals surface area (Å²) < 4.78 is 0.993. The zero-order chi connectivity index (χ0) is 11.0. The van der Waals surface area contributed by atoms with Gasteiger partial charge in [-0.3, -0.25) is 4.79 Å². The van der Waals surface area contributed by atoms with E-state index in [1.165, 1.54) is 0 Å². The predicted molar refractivity (Wildman–Crippen MR) is 65.5 cm³/mol. The maximum atomic E-state index is 11.1. The fourth-order valence-corrected chi connectivity index (χ4v) is 2.15. The van der Waals surface area contributed by atoms with Crippen molar-refractivity contribution in [3.05, 3.63) is 33.9 Å². The fraction of sp³-hybridized carbons (Fsp3) is 0.250. The molecule has 0 fully saturated rings. The lowest BCUT2D eigenvalue weighted by atomic mass is 10.0. The van der Waals surface area contributed by atoms with E-state index in [2.05, 4.69) is 34.8 Å². The van der Waals surface area contributed by atoms with E-state index in [1.54, 1.807) is 0 Å². The Morgan fingerprint density at radius 2 is 2.13 bits per heavy atom. The van der Waals surface area contributed by atoms with E-state index < -0.39 is 0 Å². The first-order valence-electron chi connectivity index (χ1n) is 4.89. The van der Waals surface area contributed by atoms with E-state index >= 15 is 0 Å². The minimum absolute atomic E-state index is 0.330. The van der Waals surface area contributed by atoms with Crippen molar-refractivity contribution in [3.63, 3.8) is 0 Å². The SMILES string of the molecule is CC(C)c1[nH]c2ccc(Br)cc2c1C=O. The largest absolute Gasteiger partial charge is 0.358 e. The number of H-pyrrole nitrogens is 1. The normalized spacial score (nSPS) is 11.2. The molecule has 0 spiro atoms. The molecule has 0 saturated carbocycles. The molecule has 0 bridgehead atoms. The lowest BCUT2D eigenvalue weighted by Crippen LogP contribution is -1.92. The number of hydrogen-bond donors (Lipinski definition) is 1. The van der Waals surface area contributed by atoms with Crippen LogP contribution in [0.25, 0.3) is 10.9 Å². The highest BCUT2D eigenvalue weighted by atomic mass is 79.9. The molecule has 15 heavy (non-hydrogen) atoms. The molecule has 0 radical (unpaired) electrons. The standard InChI is InChI=1S/C12H12BrNO/c1-7(2)12-10(6-15)9-5-8(13)3-4-11(9)14-12/h3-7,14H,1-2H3. The second-order valence-electron chi connectivity index (χ2n) is 3.91. The van der Waals surface area contributed by atoms with Crippen molar-refractivity contribution < 1.29 is 4.79 Å². The number of rotatable bonds is 2. The van der Waals surface area contributed by atoms with Gasteiger partial charge in [0, 0.05) is 26.6 Å². The van der Waals surface area contributed by atoms with Gasteiger partial charge in [-0.05, 0) is 24.1 Å². The fourth-order valence-electron chi connectivity index (χ4n) is 1.79. The van der Waals surface area contributed by atoms with Gasteiger partial charge in [0.2, 0.25) is 0 Å². The van der Waals surface area contributed by atoms with Crippen LogP contribution in [0.1, 0.15) is 35.8 Å². The van der Waals surface area contributed by atoms with E-state index in [0.717, 1.165) is 32.9 Å². The van der Waals surface area contributed by atoms with Crippen molar-refractivity contribution in [1.29, 1.82) is 0 Å². The van der Waals surface area contributed by atoms with E-state index in [-0.39, 0.29) is 0 Å². The van der Waals surface area contributed by atoms with Gasteiger partial charge in [0.15, 0.2) is 6.29 Å². The van der Waals surface area contributed by atoms with Crippen LogP contribution in [0, 0.1) is 0 Å². The number of aldehydes is 1. The second kappa shape index (κ2) is 3.81. The molecular weight excluding hydrogens is 254 g/mol. The molecule has 3 heteroatoms.